The van der Waals surface area contributed by atoms with Gasteiger partial charge in [-0.15, -0.1) is 0 Å². The summed E-state index contributed by atoms with van der Waals surface area (Å²) >= 11 is 0. The van der Waals surface area contributed by atoms with Gasteiger partial charge in [-0.1, -0.05) is 18.2 Å². The molecule has 0 N–H and O–H groups in total. The van der Waals surface area contributed by atoms with Crippen molar-refractivity contribution in [1.82, 2.24) is 15.0 Å². The second-order valence-electron chi connectivity index (χ2n) is 4.01. The molecule has 1 aromatic carbocycles. The second-order valence-corrected chi connectivity index (χ2v) is 4.01. The predicted molar refractivity (Wildman–Crippen MR) is 70.7 cm³/mol. The third-order valence-electron chi connectivity index (χ3n) is 2.81. The maximum Gasteiger partial charge on any atom is 0.132 e. The molecule has 0 aliphatic rings. The molecule has 92 valence electrons. The summed E-state index contributed by atoms with van der Waals surface area (Å²) in [7, 11) is 0. The molecule has 0 aliphatic heterocycles. The molecule has 0 saturated heterocycles. The van der Waals surface area contributed by atoms with Crippen molar-refractivity contribution in [2.45, 2.75) is 0 Å². The lowest BCUT2D eigenvalue weighted by molar-refractivity contribution is 0.630. The summed E-state index contributed by atoms with van der Waals surface area (Å²) in [4.78, 5) is 12.3. The molecule has 0 unspecified atom stereocenters. The normalized spacial score (nSPS) is 10.4. The van der Waals surface area contributed by atoms with E-state index in [0.29, 0.717) is 11.3 Å². The van der Waals surface area contributed by atoms with Gasteiger partial charge in [-0.25, -0.2) is 14.4 Å². The van der Waals surface area contributed by atoms with Crippen molar-refractivity contribution in [3.63, 3.8) is 0 Å². The van der Waals surface area contributed by atoms with Gasteiger partial charge in [-0.3, -0.25) is 4.98 Å². The van der Waals surface area contributed by atoms with Crippen LogP contribution in [0.3, 0.4) is 0 Å². The van der Waals surface area contributed by atoms with Gasteiger partial charge >= 0.3 is 0 Å². The summed E-state index contributed by atoms with van der Waals surface area (Å²) in [5.74, 6) is -0.300. The summed E-state index contributed by atoms with van der Waals surface area (Å²) in [6, 6.07) is 10.3. The smallest absolute Gasteiger partial charge is 0.132 e. The fourth-order valence-corrected chi connectivity index (χ4v) is 1.93. The lowest BCUT2D eigenvalue weighted by Crippen LogP contribution is -1.93. The minimum Gasteiger partial charge on any atom is -0.264 e. The standard InChI is InChI=1S/C15H10FN3/c16-14-6-2-1-5-12(14)15-13(9-18-10-19-15)11-4-3-7-17-8-11/h1-10H. The summed E-state index contributed by atoms with van der Waals surface area (Å²) in [5.41, 5.74) is 2.66. The molecule has 19 heavy (non-hydrogen) atoms. The number of rotatable bonds is 2. The van der Waals surface area contributed by atoms with Gasteiger partial charge in [0.25, 0.3) is 0 Å². The maximum absolute atomic E-state index is 13.9. The van der Waals surface area contributed by atoms with Crippen LogP contribution in [0.5, 0.6) is 0 Å². The Balaban J connectivity index is 2.21. The zero-order valence-electron chi connectivity index (χ0n) is 9.99. The van der Waals surface area contributed by atoms with E-state index in [2.05, 4.69) is 15.0 Å². The van der Waals surface area contributed by atoms with Crippen LogP contribution in [0.1, 0.15) is 0 Å². The molecule has 4 heteroatoms. The average Bonchev–Trinajstić information content (AvgIpc) is 2.49. The highest BCUT2D eigenvalue weighted by molar-refractivity contribution is 5.79. The first-order valence-corrected chi connectivity index (χ1v) is 5.81. The van der Waals surface area contributed by atoms with E-state index in [1.807, 2.05) is 12.1 Å². The van der Waals surface area contributed by atoms with Gasteiger partial charge < -0.3 is 0 Å². The fourth-order valence-electron chi connectivity index (χ4n) is 1.93. The number of aromatic nitrogens is 3. The quantitative estimate of drug-likeness (QED) is 0.701. The van der Waals surface area contributed by atoms with Crippen LogP contribution >= 0.6 is 0 Å². The van der Waals surface area contributed by atoms with Crippen molar-refractivity contribution in [1.29, 1.82) is 0 Å². The largest absolute Gasteiger partial charge is 0.264 e. The Morgan fingerprint density at radius 2 is 1.74 bits per heavy atom. The molecule has 3 aromatic rings. The third-order valence-corrected chi connectivity index (χ3v) is 2.81. The molecule has 3 nitrogen and oxygen atoms in total. The molecule has 0 radical (unpaired) electrons. The van der Waals surface area contributed by atoms with E-state index in [1.165, 1.54) is 12.4 Å². The van der Waals surface area contributed by atoms with Crippen LogP contribution in [-0.4, -0.2) is 15.0 Å². The van der Waals surface area contributed by atoms with E-state index in [4.69, 9.17) is 0 Å². The van der Waals surface area contributed by atoms with E-state index in [1.54, 1.807) is 36.8 Å². The Labute approximate surface area is 109 Å². The third kappa shape index (κ3) is 2.20. The number of hydrogen-bond donors (Lipinski definition) is 0. The fraction of sp³-hybridized carbons (Fsp3) is 0. The highest BCUT2D eigenvalue weighted by atomic mass is 19.1. The zero-order chi connectivity index (χ0) is 13.1. The zero-order valence-corrected chi connectivity index (χ0v) is 9.99. The number of benzene rings is 1. The van der Waals surface area contributed by atoms with Gasteiger partial charge in [0.15, 0.2) is 0 Å². The van der Waals surface area contributed by atoms with Crippen LogP contribution in [0.15, 0.2) is 61.3 Å². The van der Waals surface area contributed by atoms with Crippen LogP contribution in [0.2, 0.25) is 0 Å². The Kier molecular flexibility index (Phi) is 2.98. The van der Waals surface area contributed by atoms with Crippen LogP contribution < -0.4 is 0 Å². The Morgan fingerprint density at radius 3 is 2.53 bits per heavy atom. The van der Waals surface area contributed by atoms with Crippen molar-refractivity contribution in [2.24, 2.45) is 0 Å². The van der Waals surface area contributed by atoms with Gasteiger partial charge in [0, 0.05) is 35.3 Å². The van der Waals surface area contributed by atoms with E-state index < -0.39 is 0 Å². The van der Waals surface area contributed by atoms with Crippen molar-refractivity contribution < 1.29 is 4.39 Å². The highest BCUT2D eigenvalue weighted by Crippen LogP contribution is 2.30. The molecule has 0 saturated carbocycles. The molecule has 0 atom stereocenters. The lowest BCUT2D eigenvalue weighted by atomic mass is 10.0. The van der Waals surface area contributed by atoms with Crippen molar-refractivity contribution in [3.8, 4) is 22.4 Å². The van der Waals surface area contributed by atoms with Gasteiger partial charge in [-0.05, 0) is 18.2 Å². The molecule has 3 rings (SSSR count). The van der Waals surface area contributed by atoms with Gasteiger partial charge in [0.2, 0.25) is 0 Å². The van der Waals surface area contributed by atoms with Crippen LogP contribution in [0.25, 0.3) is 22.4 Å². The SMILES string of the molecule is Fc1ccccc1-c1ncncc1-c1cccnc1. The average molecular weight is 251 g/mol. The number of nitrogens with zero attached hydrogens (tertiary/aromatic N) is 3. The maximum atomic E-state index is 13.9. The summed E-state index contributed by atoms with van der Waals surface area (Å²) in [6.07, 6.45) is 6.49. The van der Waals surface area contributed by atoms with E-state index in [-0.39, 0.29) is 5.82 Å². The molecule has 0 spiro atoms. The Bertz CT molecular complexity index is 699. The molecular weight excluding hydrogens is 241 g/mol. The summed E-state index contributed by atoms with van der Waals surface area (Å²) < 4.78 is 13.9. The van der Waals surface area contributed by atoms with Crippen molar-refractivity contribution in [2.75, 3.05) is 0 Å². The molecule has 2 heterocycles. The first-order chi connectivity index (χ1) is 9.36. The molecular formula is C15H10FN3. The predicted octanol–water partition coefficient (Wildman–Crippen LogP) is 3.34. The van der Waals surface area contributed by atoms with Gasteiger partial charge in [0.1, 0.15) is 12.1 Å². The molecule has 0 amide bonds. The molecule has 0 bridgehead atoms. The van der Waals surface area contributed by atoms with Gasteiger partial charge in [-0.2, -0.15) is 0 Å². The van der Waals surface area contributed by atoms with Crippen LogP contribution in [0, 0.1) is 5.82 Å². The molecule has 2 aromatic heterocycles. The number of pyridine rings is 1. The Hall–Kier alpha value is -2.62. The van der Waals surface area contributed by atoms with Crippen LogP contribution in [0.4, 0.5) is 4.39 Å². The topological polar surface area (TPSA) is 38.7 Å². The Morgan fingerprint density at radius 1 is 0.842 bits per heavy atom. The van der Waals surface area contributed by atoms with Crippen molar-refractivity contribution in [3.05, 3.63) is 67.1 Å². The summed E-state index contributed by atoms with van der Waals surface area (Å²) in [5, 5.41) is 0. The lowest BCUT2D eigenvalue weighted by Gasteiger charge is -2.08. The number of hydrogen-bond acceptors (Lipinski definition) is 3. The van der Waals surface area contributed by atoms with E-state index >= 15 is 0 Å². The molecule has 0 fully saturated rings. The monoisotopic (exact) mass is 251 g/mol. The van der Waals surface area contributed by atoms with E-state index in [0.717, 1.165) is 11.1 Å². The minimum atomic E-state index is -0.300. The van der Waals surface area contributed by atoms with Gasteiger partial charge in [0.05, 0.1) is 5.69 Å². The minimum absolute atomic E-state index is 0.300. The molecule has 0 aliphatic carbocycles. The first kappa shape index (κ1) is 11.5. The van der Waals surface area contributed by atoms with Crippen molar-refractivity contribution >= 4 is 0 Å². The second kappa shape index (κ2) is 4.94. The van der Waals surface area contributed by atoms with Crippen LogP contribution in [-0.2, 0) is 0 Å². The van der Waals surface area contributed by atoms with E-state index in [9.17, 15) is 4.39 Å². The summed E-state index contributed by atoms with van der Waals surface area (Å²) in [6.45, 7) is 0. The number of halogens is 1. The first-order valence-electron chi connectivity index (χ1n) is 5.81. The highest BCUT2D eigenvalue weighted by Gasteiger charge is 2.12.